The summed E-state index contributed by atoms with van der Waals surface area (Å²) < 4.78 is 5.29. The van der Waals surface area contributed by atoms with Crippen molar-refractivity contribution in [3.8, 4) is 10.4 Å². The van der Waals surface area contributed by atoms with Crippen LogP contribution in [-0.4, -0.2) is 18.2 Å². The van der Waals surface area contributed by atoms with Crippen LogP contribution in [0.5, 0.6) is 0 Å². The van der Waals surface area contributed by atoms with Crippen molar-refractivity contribution in [2.24, 2.45) is 0 Å². The first-order valence-electron chi connectivity index (χ1n) is 8.17. The predicted molar refractivity (Wildman–Crippen MR) is 93.3 cm³/mol. The molecule has 1 aromatic carbocycles. The summed E-state index contributed by atoms with van der Waals surface area (Å²) in [5.41, 5.74) is 3.65. The number of carboxylic acid groups (broad SMARTS) is 1. The summed E-state index contributed by atoms with van der Waals surface area (Å²) in [6.45, 7) is 0.498. The molecule has 1 N–H and O–H groups in total. The van der Waals surface area contributed by atoms with Gasteiger partial charge in [0.1, 0.15) is 0 Å². The third-order valence-corrected chi connectivity index (χ3v) is 5.77. The van der Waals surface area contributed by atoms with E-state index in [0.29, 0.717) is 12.2 Å². The zero-order chi connectivity index (χ0) is 16.2. The van der Waals surface area contributed by atoms with E-state index < -0.39 is 5.97 Å². The Morgan fingerprint density at radius 1 is 1.17 bits per heavy atom. The topological polar surface area (TPSA) is 46.5 Å². The van der Waals surface area contributed by atoms with Crippen LogP contribution in [0.15, 0.2) is 24.3 Å². The van der Waals surface area contributed by atoms with Gasteiger partial charge in [-0.25, -0.2) is 4.79 Å². The molecule has 0 fully saturated rings. The molecule has 2 aromatic rings. The third kappa shape index (κ3) is 3.33. The van der Waals surface area contributed by atoms with E-state index in [1.165, 1.54) is 17.7 Å². The molecule has 3 rings (SSSR count). The lowest BCUT2D eigenvalue weighted by atomic mass is 9.94. The van der Waals surface area contributed by atoms with Crippen LogP contribution in [0.25, 0.3) is 10.4 Å². The van der Waals surface area contributed by atoms with E-state index in [2.05, 4.69) is 0 Å². The number of hydrogen-bond acceptors (Lipinski definition) is 3. The number of hydrogen-bond donors (Lipinski definition) is 1. The standard InChI is InChI=1S/C19H22O3S/c1-22-12-13-8-6-7-9-14(13)18-17(19(20)21)15-10-4-2-3-5-11-16(15)23-18/h6-9H,2-5,10-12H2,1H3,(H,20,21). The number of benzene rings is 1. The van der Waals surface area contributed by atoms with Crippen LogP contribution in [0.3, 0.4) is 0 Å². The van der Waals surface area contributed by atoms with Crippen LogP contribution in [0.1, 0.15) is 52.0 Å². The molecular weight excluding hydrogens is 308 g/mol. The number of methoxy groups -OCH3 is 1. The molecule has 4 heteroatoms. The average Bonchev–Trinajstić information content (AvgIpc) is 2.86. The highest BCUT2D eigenvalue weighted by Gasteiger charge is 2.25. The molecule has 23 heavy (non-hydrogen) atoms. The highest BCUT2D eigenvalue weighted by molar-refractivity contribution is 7.16. The van der Waals surface area contributed by atoms with E-state index in [1.54, 1.807) is 18.4 Å². The van der Waals surface area contributed by atoms with Gasteiger partial charge in [-0.2, -0.15) is 0 Å². The van der Waals surface area contributed by atoms with Gasteiger partial charge in [-0.1, -0.05) is 37.1 Å². The number of aromatic carboxylic acids is 1. The Bertz CT molecular complexity index is 703. The minimum Gasteiger partial charge on any atom is -0.478 e. The second-order valence-electron chi connectivity index (χ2n) is 6.02. The van der Waals surface area contributed by atoms with E-state index in [9.17, 15) is 9.90 Å². The molecule has 0 atom stereocenters. The van der Waals surface area contributed by atoms with E-state index in [4.69, 9.17) is 4.74 Å². The van der Waals surface area contributed by atoms with Gasteiger partial charge < -0.3 is 9.84 Å². The quantitative estimate of drug-likeness (QED) is 0.865. The van der Waals surface area contributed by atoms with Crippen molar-refractivity contribution >= 4 is 17.3 Å². The average molecular weight is 330 g/mol. The molecule has 1 heterocycles. The molecule has 0 aliphatic heterocycles. The first-order valence-corrected chi connectivity index (χ1v) is 8.99. The number of carboxylic acids is 1. The molecule has 0 bridgehead atoms. The summed E-state index contributed by atoms with van der Waals surface area (Å²) in [5, 5.41) is 9.83. The molecule has 0 saturated carbocycles. The zero-order valence-corrected chi connectivity index (χ0v) is 14.2. The number of ether oxygens (including phenoxy) is 1. The maximum absolute atomic E-state index is 12.0. The van der Waals surface area contributed by atoms with Crippen LogP contribution >= 0.6 is 11.3 Å². The summed E-state index contributed by atoms with van der Waals surface area (Å²) in [4.78, 5) is 14.1. The maximum Gasteiger partial charge on any atom is 0.337 e. The highest BCUT2D eigenvalue weighted by atomic mass is 32.1. The highest BCUT2D eigenvalue weighted by Crippen LogP contribution is 2.40. The minimum absolute atomic E-state index is 0.498. The van der Waals surface area contributed by atoms with E-state index in [0.717, 1.165) is 47.3 Å². The van der Waals surface area contributed by atoms with Crippen molar-refractivity contribution in [1.29, 1.82) is 0 Å². The third-order valence-electron chi connectivity index (χ3n) is 4.45. The van der Waals surface area contributed by atoms with Gasteiger partial charge in [-0.3, -0.25) is 0 Å². The Hall–Kier alpha value is -1.65. The van der Waals surface area contributed by atoms with Crippen molar-refractivity contribution in [3.63, 3.8) is 0 Å². The Labute approximate surface area is 140 Å². The van der Waals surface area contributed by atoms with Crippen LogP contribution in [-0.2, 0) is 24.2 Å². The number of rotatable bonds is 4. The normalized spacial score (nSPS) is 14.8. The van der Waals surface area contributed by atoms with Gasteiger partial charge in [0, 0.05) is 16.9 Å². The zero-order valence-electron chi connectivity index (χ0n) is 13.4. The number of aryl methyl sites for hydroxylation is 1. The SMILES string of the molecule is COCc1ccccc1-c1sc2c(c1C(=O)O)CCCCCC2. The monoisotopic (exact) mass is 330 g/mol. The van der Waals surface area contributed by atoms with Gasteiger partial charge in [-0.05, 0) is 42.4 Å². The van der Waals surface area contributed by atoms with Crippen molar-refractivity contribution in [2.75, 3.05) is 7.11 Å². The first kappa shape index (κ1) is 16.2. The molecule has 1 aromatic heterocycles. The number of carbonyl (C=O) groups is 1. The fourth-order valence-corrected chi connectivity index (χ4v) is 4.80. The van der Waals surface area contributed by atoms with Gasteiger partial charge in [0.15, 0.2) is 0 Å². The predicted octanol–water partition coefficient (Wildman–Crippen LogP) is 4.92. The lowest BCUT2D eigenvalue weighted by molar-refractivity contribution is 0.0697. The van der Waals surface area contributed by atoms with Crippen molar-refractivity contribution < 1.29 is 14.6 Å². The van der Waals surface area contributed by atoms with E-state index >= 15 is 0 Å². The maximum atomic E-state index is 12.0. The number of thiophene rings is 1. The molecule has 0 amide bonds. The lowest BCUT2D eigenvalue weighted by Gasteiger charge is -2.10. The molecule has 0 spiro atoms. The minimum atomic E-state index is -0.801. The van der Waals surface area contributed by atoms with Gasteiger partial charge in [0.05, 0.1) is 12.2 Å². The van der Waals surface area contributed by atoms with Crippen LogP contribution in [0, 0.1) is 0 Å². The molecule has 3 nitrogen and oxygen atoms in total. The second-order valence-corrected chi connectivity index (χ2v) is 7.12. The molecule has 0 unspecified atom stereocenters. The Morgan fingerprint density at radius 3 is 2.65 bits per heavy atom. The molecule has 122 valence electrons. The van der Waals surface area contributed by atoms with Gasteiger partial charge in [0.2, 0.25) is 0 Å². The van der Waals surface area contributed by atoms with E-state index in [1.807, 2.05) is 24.3 Å². The molecular formula is C19H22O3S. The Kier molecular flexibility index (Phi) is 5.13. The molecule has 0 saturated heterocycles. The fourth-order valence-electron chi connectivity index (χ4n) is 3.36. The molecule has 1 aliphatic carbocycles. The summed E-state index contributed by atoms with van der Waals surface area (Å²) in [7, 11) is 1.67. The fraction of sp³-hybridized carbons (Fsp3) is 0.421. The van der Waals surface area contributed by atoms with E-state index in [-0.39, 0.29) is 0 Å². The van der Waals surface area contributed by atoms with Crippen LogP contribution < -0.4 is 0 Å². The van der Waals surface area contributed by atoms with Gasteiger partial charge >= 0.3 is 5.97 Å². The Morgan fingerprint density at radius 2 is 1.91 bits per heavy atom. The lowest BCUT2D eigenvalue weighted by Crippen LogP contribution is -2.05. The summed E-state index contributed by atoms with van der Waals surface area (Å²) in [6.07, 6.45) is 6.58. The largest absolute Gasteiger partial charge is 0.478 e. The van der Waals surface area contributed by atoms with Crippen molar-refractivity contribution in [2.45, 2.75) is 45.1 Å². The first-order chi connectivity index (χ1) is 11.2. The Balaban J connectivity index is 2.16. The van der Waals surface area contributed by atoms with Crippen LogP contribution in [0.4, 0.5) is 0 Å². The van der Waals surface area contributed by atoms with Crippen LogP contribution in [0.2, 0.25) is 0 Å². The molecule has 0 radical (unpaired) electrons. The molecule has 1 aliphatic rings. The summed E-state index contributed by atoms with van der Waals surface area (Å²) in [5.74, 6) is -0.801. The summed E-state index contributed by atoms with van der Waals surface area (Å²) in [6, 6.07) is 7.97. The second kappa shape index (κ2) is 7.28. The van der Waals surface area contributed by atoms with Crippen molar-refractivity contribution in [3.05, 3.63) is 45.8 Å². The van der Waals surface area contributed by atoms with Crippen molar-refractivity contribution in [1.82, 2.24) is 0 Å². The van der Waals surface area contributed by atoms with Gasteiger partial charge in [-0.15, -0.1) is 11.3 Å². The smallest absolute Gasteiger partial charge is 0.337 e. The van der Waals surface area contributed by atoms with Gasteiger partial charge in [0.25, 0.3) is 0 Å². The number of fused-ring (bicyclic) bond motifs is 1. The summed E-state index contributed by atoms with van der Waals surface area (Å²) >= 11 is 1.67.